The van der Waals surface area contributed by atoms with E-state index >= 15 is 0 Å². The van der Waals surface area contributed by atoms with Crippen molar-refractivity contribution in [2.24, 2.45) is 5.41 Å². The first kappa shape index (κ1) is 33.0. The second-order valence-corrected chi connectivity index (χ2v) is 13.9. The summed E-state index contributed by atoms with van der Waals surface area (Å²) in [6, 6.07) is 17.6. The van der Waals surface area contributed by atoms with Crippen LogP contribution in [0.3, 0.4) is 0 Å². The molecule has 0 bridgehead atoms. The Morgan fingerprint density at radius 3 is 2.30 bits per heavy atom. The van der Waals surface area contributed by atoms with Crippen LogP contribution in [0.4, 0.5) is 18.9 Å². The molecule has 1 unspecified atom stereocenters. The molecule has 11 heteroatoms. The molecule has 0 spiro atoms. The minimum atomic E-state index is -4.66. The highest BCUT2D eigenvalue weighted by Crippen LogP contribution is 2.47. The van der Waals surface area contributed by atoms with Crippen molar-refractivity contribution >= 4 is 21.7 Å². The topological polar surface area (TPSA) is 106 Å². The molecule has 0 radical (unpaired) electrons. The Morgan fingerprint density at radius 1 is 1.02 bits per heavy atom. The van der Waals surface area contributed by atoms with E-state index in [0.717, 1.165) is 18.1 Å². The van der Waals surface area contributed by atoms with Crippen LogP contribution in [-0.4, -0.2) is 30.1 Å². The molecule has 2 N–H and O–H groups in total. The second-order valence-electron chi connectivity index (χ2n) is 12.3. The van der Waals surface area contributed by atoms with Crippen molar-refractivity contribution in [3.05, 3.63) is 101 Å². The lowest BCUT2D eigenvalue weighted by Gasteiger charge is -2.41. The molecule has 1 aromatic heterocycles. The van der Waals surface area contributed by atoms with E-state index in [-0.39, 0.29) is 23.4 Å². The predicted octanol–water partition coefficient (Wildman–Crippen LogP) is 7.96. The van der Waals surface area contributed by atoms with Crippen molar-refractivity contribution in [3.63, 3.8) is 0 Å². The number of carbonyl (C=O) groups is 1. The summed E-state index contributed by atoms with van der Waals surface area (Å²) in [4.78, 5) is 17.2. The number of aryl methyl sites for hydroxylation is 1. The molecule has 1 aliphatic heterocycles. The molecule has 236 valence electrons. The second kappa shape index (κ2) is 12.6. The van der Waals surface area contributed by atoms with Gasteiger partial charge >= 0.3 is 12.1 Å². The van der Waals surface area contributed by atoms with Gasteiger partial charge < -0.3 is 9.84 Å². The SMILES string of the molecule is CCC[C@]1(CCc2ccccc2)CC(O)=C(C(c2cccc(NS(=O)(=O)c3ccc(C(F)(F)F)cn3)c2)C(C)(C)C)C(=O)O1. The zero-order valence-electron chi connectivity index (χ0n) is 25.1. The van der Waals surface area contributed by atoms with E-state index in [0.29, 0.717) is 37.1 Å². The van der Waals surface area contributed by atoms with Crippen LogP contribution in [0.1, 0.15) is 76.0 Å². The number of anilines is 1. The normalized spacial score (nSPS) is 18.6. The molecule has 0 aliphatic carbocycles. The molecule has 2 aromatic carbocycles. The quantitative estimate of drug-likeness (QED) is 0.220. The molecule has 0 amide bonds. The van der Waals surface area contributed by atoms with Gasteiger partial charge in [0.05, 0.1) is 11.1 Å². The van der Waals surface area contributed by atoms with Crippen LogP contribution >= 0.6 is 0 Å². The van der Waals surface area contributed by atoms with Crippen molar-refractivity contribution in [1.82, 2.24) is 4.98 Å². The van der Waals surface area contributed by atoms with Gasteiger partial charge in [0.25, 0.3) is 10.0 Å². The minimum absolute atomic E-state index is 0.0531. The molecule has 44 heavy (non-hydrogen) atoms. The molecule has 0 saturated carbocycles. The number of hydrogen-bond donors (Lipinski definition) is 2. The highest BCUT2D eigenvalue weighted by atomic mass is 32.2. The standard InChI is InChI=1S/C33H37F3N2O5S/c1-5-17-32(18-16-22-10-7-6-8-11-22)20-26(39)28(30(40)43-32)29(31(2,3)4)23-12-9-13-25(19-23)38-44(41,42)27-15-14-24(21-37-27)33(34,35)36/h6-15,19,21,29,38-39H,5,16-18,20H2,1-4H3/t29?,32-/m0/s1. The van der Waals surface area contributed by atoms with Crippen molar-refractivity contribution in [1.29, 1.82) is 0 Å². The molecule has 2 atom stereocenters. The molecule has 4 rings (SSSR count). The maximum Gasteiger partial charge on any atom is 0.417 e. The number of carbonyl (C=O) groups excluding carboxylic acids is 1. The van der Waals surface area contributed by atoms with E-state index in [1.165, 1.54) is 12.1 Å². The van der Waals surface area contributed by atoms with Gasteiger partial charge in [0.2, 0.25) is 0 Å². The number of sulfonamides is 1. The minimum Gasteiger partial charge on any atom is -0.512 e. The summed E-state index contributed by atoms with van der Waals surface area (Å²) in [7, 11) is -4.33. The summed E-state index contributed by atoms with van der Waals surface area (Å²) in [5.41, 5.74) is -0.648. The van der Waals surface area contributed by atoms with Gasteiger partial charge in [0.15, 0.2) is 5.03 Å². The van der Waals surface area contributed by atoms with Gasteiger partial charge in [-0.2, -0.15) is 21.6 Å². The Bertz CT molecular complexity index is 1620. The summed E-state index contributed by atoms with van der Waals surface area (Å²) in [6.45, 7) is 7.70. The fourth-order valence-corrected chi connectivity index (χ4v) is 6.74. The molecular weight excluding hydrogens is 593 g/mol. The van der Waals surface area contributed by atoms with Crippen molar-refractivity contribution < 1.29 is 36.2 Å². The molecule has 1 aliphatic rings. The summed E-state index contributed by atoms with van der Waals surface area (Å²) in [6.07, 6.45) is -1.48. The Labute approximate surface area is 256 Å². The Balaban J connectivity index is 1.64. The van der Waals surface area contributed by atoms with Gasteiger partial charge in [-0.25, -0.2) is 9.78 Å². The zero-order chi connectivity index (χ0) is 32.3. The maximum absolute atomic E-state index is 13.7. The number of ether oxygens (including phenoxy) is 1. The third-order valence-corrected chi connectivity index (χ3v) is 9.01. The molecule has 3 aromatic rings. The number of aliphatic hydroxyl groups is 1. The number of pyridine rings is 1. The van der Waals surface area contributed by atoms with E-state index < -0.39 is 49.7 Å². The van der Waals surface area contributed by atoms with Crippen molar-refractivity contribution in [2.75, 3.05) is 4.72 Å². The number of halogens is 3. The number of rotatable bonds is 10. The first-order chi connectivity index (χ1) is 20.5. The Morgan fingerprint density at radius 2 is 1.73 bits per heavy atom. The fourth-order valence-electron chi connectivity index (χ4n) is 5.76. The first-order valence-electron chi connectivity index (χ1n) is 14.4. The number of esters is 1. The lowest BCUT2D eigenvalue weighted by atomic mass is 9.70. The lowest BCUT2D eigenvalue weighted by molar-refractivity contribution is -0.161. The summed E-state index contributed by atoms with van der Waals surface area (Å²) in [5.74, 6) is -1.34. The monoisotopic (exact) mass is 630 g/mol. The Kier molecular flexibility index (Phi) is 9.48. The number of aliphatic hydroxyl groups excluding tert-OH is 1. The van der Waals surface area contributed by atoms with Crippen LogP contribution in [0, 0.1) is 5.41 Å². The van der Waals surface area contributed by atoms with Crippen molar-refractivity contribution in [3.8, 4) is 0 Å². The van der Waals surface area contributed by atoms with Gasteiger partial charge in [0.1, 0.15) is 11.4 Å². The third-order valence-electron chi connectivity index (χ3n) is 7.71. The van der Waals surface area contributed by atoms with Gasteiger partial charge in [0, 0.05) is 24.2 Å². The smallest absolute Gasteiger partial charge is 0.417 e. The number of cyclic esters (lactones) is 1. The molecular formula is C33H37F3N2O5S. The zero-order valence-corrected chi connectivity index (χ0v) is 25.9. The summed E-state index contributed by atoms with van der Waals surface area (Å²) >= 11 is 0. The highest BCUT2D eigenvalue weighted by Gasteiger charge is 2.46. The molecule has 2 heterocycles. The van der Waals surface area contributed by atoms with Gasteiger partial charge in [-0.3, -0.25) is 4.72 Å². The Hall–Kier alpha value is -3.86. The van der Waals surface area contributed by atoms with E-state index in [1.807, 2.05) is 58.0 Å². The fraction of sp³-hybridized carbons (Fsp3) is 0.394. The van der Waals surface area contributed by atoms with Crippen LogP contribution < -0.4 is 4.72 Å². The number of hydrogen-bond acceptors (Lipinski definition) is 6. The third kappa shape index (κ3) is 7.61. The van der Waals surface area contributed by atoms with E-state index in [2.05, 4.69) is 9.71 Å². The average Bonchev–Trinajstić information content (AvgIpc) is 2.93. The van der Waals surface area contributed by atoms with Crippen LogP contribution in [-0.2, 0) is 32.2 Å². The summed E-state index contributed by atoms with van der Waals surface area (Å²) < 4.78 is 73.2. The van der Waals surface area contributed by atoms with Gasteiger partial charge in [-0.15, -0.1) is 0 Å². The number of benzene rings is 2. The molecule has 0 saturated heterocycles. The highest BCUT2D eigenvalue weighted by molar-refractivity contribution is 7.92. The number of nitrogens with one attached hydrogen (secondary N) is 1. The lowest BCUT2D eigenvalue weighted by Crippen LogP contribution is -2.43. The van der Waals surface area contributed by atoms with Crippen molar-refractivity contribution in [2.45, 2.75) is 82.5 Å². The predicted molar refractivity (Wildman–Crippen MR) is 161 cm³/mol. The maximum atomic E-state index is 13.7. The van der Waals surface area contributed by atoms with Crippen LogP contribution in [0.25, 0.3) is 0 Å². The number of nitrogens with zero attached hydrogens (tertiary/aromatic N) is 1. The molecule has 0 fully saturated rings. The van der Waals surface area contributed by atoms with Crippen LogP contribution in [0.5, 0.6) is 0 Å². The van der Waals surface area contributed by atoms with E-state index in [1.54, 1.807) is 12.1 Å². The van der Waals surface area contributed by atoms with Crippen LogP contribution in [0.2, 0.25) is 0 Å². The number of aromatic nitrogens is 1. The molecule has 7 nitrogen and oxygen atoms in total. The van der Waals surface area contributed by atoms with Gasteiger partial charge in [-0.05, 0) is 60.1 Å². The number of alkyl halides is 3. The van der Waals surface area contributed by atoms with E-state index in [9.17, 15) is 31.5 Å². The van der Waals surface area contributed by atoms with E-state index in [4.69, 9.17) is 4.74 Å². The first-order valence-corrected chi connectivity index (χ1v) is 15.9. The largest absolute Gasteiger partial charge is 0.512 e. The van der Waals surface area contributed by atoms with Gasteiger partial charge in [-0.1, -0.05) is 76.6 Å². The average molecular weight is 631 g/mol. The van der Waals surface area contributed by atoms with Crippen LogP contribution in [0.15, 0.2) is 89.3 Å². The summed E-state index contributed by atoms with van der Waals surface area (Å²) in [5, 5.41) is 10.9.